The third-order valence-corrected chi connectivity index (χ3v) is 8.65. The van der Waals surface area contributed by atoms with Gasteiger partial charge in [0, 0.05) is 36.3 Å². The van der Waals surface area contributed by atoms with Crippen molar-refractivity contribution in [1.82, 2.24) is 9.47 Å². The molecule has 0 radical (unpaired) electrons. The molecule has 208 valence electrons. The third kappa shape index (κ3) is 6.36. The van der Waals surface area contributed by atoms with Gasteiger partial charge in [-0.2, -0.15) is 0 Å². The number of aliphatic carboxylic acids is 1. The van der Waals surface area contributed by atoms with E-state index in [1.165, 1.54) is 33.4 Å². The molecule has 0 saturated heterocycles. The Labute approximate surface area is 234 Å². The number of halogens is 1. The Morgan fingerprint density at radius 2 is 1.77 bits per heavy atom. The van der Waals surface area contributed by atoms with E-state index in [-0.39, 0.29) is 17.7 Å². The lowest BCUT2D eigenvalue weighted by molar-refractivity contribution is -0.143. The van der Waals surface area contributed by atoms with Crippen molar-refractivity contribution in [3.63, 3.8) is 0 Å². The van der Waals surface area contributed by atoms with Crippen molar-refractivity contribution in [2.45, 2.75) is 64.6 Å². The van der Waals surface area contributed by atoms with Gasteiger partial charge in [-0.1, -0.05) is 29.8 Å². The van der Waals surface area contributed by atoms with Crippen molar-refractivity contribution < 1.29 is 24.9 Å². The lowest BCUT2D eigenvalue weighted by atomic mass is 9.81. The number of aromatic hydroxyl groups is 2. The number of aryl methyl sites for hydroxylation is 2. The van der Waals surface area contributed by atoms with Crippen molar-refractivity contribution in [3.8, 4) is 17.5 Å². The second-order valence-electron chi connectivity index (χ2n) is 11.0. The monoisotopic (exact) mass is 552 g/mol. The zero-order valence-electron chi connectivity index (χ0n) is 22.4. The Balaban J connectivity index is 1.28. The molecule has 2 aromatic carbocycles. The smallest absolute Gasteiger partial charge is 0.306 e. The molecule has 2 aliphatic rings. The van der Waals surface area contributed by atoms with E-state index in [1.54, 1.807) is 0 Å². The SMILES string of the molecule is Cc1cc(CN(CC2CCC(C(=O)O)CC2)[C@H]2CCc3cc(Cl)ccc32)ccc1OCCn1c(O)ccc1O. The average molecular weight is 553 g/mol. The van der Waals surface area contributed by atoms with Crippen LogP contribution in [0.3, 0.4) is 0 Å². The molecule has 2 aliphatic carbocycles. The summed E-state index contributed by atoms with van der Waals surface area (Å²) in [7, 11) is 0. The Hall–Kier alpha value is -3.16. The highest BCUT2D eigenvalue weighted by molar-refractivity contribution is 6.30. The van der Waals surface area contributed by atoms with Gasteiger partial charge in [0.1, 0.15) is 12.4 Å². The van der Waals surface area contributed by atoms with Gasteiger partial charge in [-0.25, -0.2) is 0 Å². The summed E-state index contributed by atoms with van der Waals surface area (Å²) in [6, 6.07) is 15.8. The predicted octanol–water partition coefficient (Wildman–Crippen LogP) is 6.32. The predicted molar refractivity (Wildman–Crippen MR) is 150 cm³/mol. The number of hydrogen-bond acceptors (Lipinski definition) is 5. The van der Waals surface area contributed by atoms with Crippen LogP contribution in [-0.4, -0.2) is 43.9 Å². The zero-order valence-corrected chi connectivity index (χ0v) is 23.1. The van der Waals surface area contributed by atoms with Gasteiger partial charge >= 0.3 is 5.97 Å². The number of nitrogens with zero attached hydrogens (tertiary/aromatic N) is 2. The number of aromatic nitrogens is 1. The summed E-state index contributed by atoms with van der Waals surface area (Å²) in [5.41, 5.74) is 4.93. The minimum atomic E-state index is -0.661. The van der Waals surface area contributed by atoms with Crippen molar-refractivity contribution in [3.05, 3.63) is 75.8 Å². The van der Waals surface area contributed by atoms with Crippen LogP contribution >= 0.6 is 11.6 Å². The van der Waals surface area contributed by atoms with Crippen molar-refractivity contribution >= 4 is 17.6 Å². The molecule has 5 rings (SSSR count). The van der Waals surface area contributed by atoms with E-state index >= 15 is 0 Å². The van der Waals surface area contributed by atoms with Crippen LogP contribution in [0.5, 0.6) is 17.5 Å². The zero-order chi connectivity index (χ0) is 27.5. The molecular formula is C31H37ClN2O5. The minimum Gasteiger partial charge on any atom is -0.494 e. The highest BCUT2D eigenvalue weighted by atomic mass is 35.5. The number of carboxylic acid groups (broad SMARTS) is 1. The molecule has 3 aromatic rings. The summed E-state index contributed by atoms with van der Waals surface area (Å²) >= 11 is 6.29. The summed E-state index contributed by atoms with van der Waals surface area (Å²) in [6.07, 6.45) is 5.49. The van der Waals surface area contributed by atoms with E-state index in [0.717, 1.165) is 68.0 Å². The molecule has 1 aromatic heterocycles. The first-order valence-corrected chi connectivity index (χ1v) is 14.2. The molecular weight excluding hydrogens is 516 g/mol. The molecule has 1 fully saturated rings. The first-order chi connectivity index (χ1) is 18.8. The molecule has 0 unspecified atom stereocenters. The molecule has 1 atom stereocenters. The molecule has 0 bridgehead atoms. The Morgan fingerprint density at radius 3 is 2.46 bits per heavy atom. The minimum absolute atomic E-state index is 0.00969. The summed E-state index contributed by atoms with van der Waals surface area (Å²) in [5.74, 6) is 0.425. The fraction of sp³-hybridized carbons (Fsp3) is 0.452. The lowest BCUT2D eigenvalue weighted by Gasteiger charge is -2.35. The number of carboxylic acids is 1. The van der Waals surface area contributed by atoms with Crippen LogP contribution in [-0.2, 0) is 24.3 Å². The number of carbonyl (C=O) groups is 1. The van der Waals surface area contributed by atoms with E-state index in [2.05, 4.69) is 29.2 Å². The van der Waals surface area contributed by atoms with E-state index in [9.17, 15) is 20.1 Å². The molecule has 3 N–H and O–H groups in total. The van der Waals surface area contributed by atoms with Gasteiger partial charge < -0.3 is 20.1 Å². The molecule has 8 heteroatoms. The fourth-order valence-corrected chi connectivity index (χ4v) is 6.49. The maximum absolute atomic E-state index is 11.5. The van der Waals surface area contributed by atoms with Crippen molar-refractivity contribution in [1.29, 1.82) is 0 Å². The maximum atomic E-state index is 11.5. The van der Waals surface area contributed by atoms with Crippen molar-refractivity contribution in [2.24, 2.45) is 11.8 Å². The van der Waals surface area contributed by atoms with E-state index in [4.69, 9.17) is 16.3 Å². The molecule has 39 heavy (non-hydrogen) atoms. The van der Waals surface area contributed by atoms with Crippen molar-refractivity contribution in [2.75, 3.05) is 13.2 Å². The maximum Gasteiger partial charge on any atom is 0.306 e. The molecule has 1 heterocycles. The molecule has 1 saturated carbocycles. The lowest BCUT2D eigenvalue weighted by Crippen LogP contribution is -2.34. The average Bonchev–Trinajstić information content (AvgIpc) is 3.47. The normalized spacial score (nSPS) is 20.7. The van der Waals surface area contributed by atoms with Gasteiger partial charge in [-0.3, -0.25) is 14.3 Å². The van der Waals surface area contributed by atoms with Gasteiger partial charge in [0.15, 0.2) is 11.8 Å². The number of fused-ring (bicyclic) bond motifs is 1. The van der Waals surface area contributed by atoms with Crippen LogP contribution < -0.4 is 4.74 Å². The van der Waals surface area contributed by atoms with Gasteiger partial charge in [0.05, 0.1) is 12.5 Å². The Kier molecular flexibility index (Phi) is 8.38. The van der Waals surface area contributed by atoms with E-state index in [1.807, 2.05) is 19.1 Å². The first kappa shape index (κ1) is 27.4. The second kappa shape index (κ2) is 11.9. The summed E-state index contributed by atoms with van der Waals surface area (Å²) in [4.78, 5) is 14.0. The van der Waals surface area contributed by atoms with Gasteiger partial charge in [-0.05, 0) is 91.8 Å². The molecule has 0 amide bonds. The molecule has 0 aliphatic heterocycles. The Morgan fingerprint density at radius 1 is 1.03 bits per heavy atom. The number of ether oxygens (including phenoxy) is 1. The number of benzene rings is 2. The van der Waals surface area contributed by atoms with Gasteiger partial charge in [-0.15, -0.1) is 0 Å². The summed E-state index contributed by atoms with van der Waals surface area (Å²) in [6.45, 7) is 4.45. The van der Waals surface area contributed by atoms with Crippen LogP contribution in [0.15, 0.2) is 48.5 Å². The topological polar surface area (TPSA) is 95.2 Å². The Bertz CT molecular complexity index is 1290. The van der Waals surface area contributed by atoms with Gasteiger partial charge in [0.2, 0.25) is 0 Å². The third-order valence-electron chi connectivity index (χ3n) is 8.41. The van der Waals surface area contributed by atoms with Crippen LogP contribution in [0, 0.1) is 18.8 Å². The van der Waals surface area contributed by atoms with E-state index in [0.29, 0.717) is 25.1 Å². The number of rotatable bonds is 10. The summed E-state index contributed by atoms with van der Waals surface area (Å²) in [5, 5.41) is 29.9. The van der Waals surface area contributed by atoms with Crippen LogP contribution in [0.25, 0.3) is 0 Å². The van der Waals surface area contributed by atoms with Gasteiger partial charge in [0.25, 0.3) is 0 Å². The standard InChI is InChI=1S/C31H37ClN2O5/c1-20-16-22(4-11-28(20)39-15-14-34-29(35)12-13-30(34)36)19-33(18-21-2-5-23(6-3-21)31(37)38)27-10-7-24-17-25(32)8-9-26(24)27/h4,8-9,11-13,16-17,21,23,27,35-36H,2-3,5-7,10,14-15,18-19H2,1H3,(H,37,38)/t21?,23?,27-/m0/s1. The second-order valence-corrected chi connectivity index (χ2v) is 11.5. The van der Waals surface area contributed by atoms with Crippen LogP contribution in [0.2, 0.25) is 5.02 Å². The molecule has 0 spiro atoms. The number of hydrogen-bond donors (Lipinski definition) is 3. The quantitative estimate of drug-likeness (QED) is 0.272. The summed E-state index contributed by atoms with van der Waals surface area (Å²) < 4.78 is 7.37. The highest BCUT2D eigenvalue weighted by Gasteiger charge is 2.32. The largest absolute Gasteiger partial charge is 0.494 e. The van der Waals surface area contributed by atoms with E-state index < -0.39 is 5.97 Å². The first-order valence-electron chi connectivity index (χ1n) is 13.8. The fourth-order valence-electron chi connectivity index (χ4n) is 6.30. The highest BCUT2D eigenvalue weighted by Crippen LogP contribution is 2.40. The van der Waals surface area contributed by atoms with Crippen LogP contribution in [0.1, 0.15) is 60.4 Å². The molecule has 7 nitrogen and oxygen atoms in total. The van der Waals surface area contributed by atoms with Crippen LogP contribution in [0.4, 0.5) is 0 Å².